The zero-order valence-corrected chi connectivity index (χ0v) is 13.0. The van der Waals surface area contributed by atoms with Crippen LogP contribution in [0.4, 0.5) is 0 Å². The average molecular weight is 275 g/mol. The molecule has 2 aliphatic carbocycles. The average Bonchev–Trinajstić information content (AvgIpc) is 3.16. The fourth-order valence-electron chi connectivity index (χ4n) is 4.53. The lowest BCUT2D eigenvalue weighted by molar-refractivity contribution is 0.279. The first-order valence-corrected chi connectivity index (χ1v) is 8.47. The third-order valence-corrected chi connectivity index (χ3v) is 5.58. The summed E-state index contributed by atoms with van der Waals surface area (Å²) >= 11 is 0. The summed E-state index contributed by atoms with van der Waals surface area (Å²) in [4.78, 5) is 4.57. The summed E-state index contributed by atoms with van der Waals surface area (Å²) in [7, 11) is 2.12. The number of hydrogen-bond acceptors (Lipinski definition) is 2. The summed E-state index contributed by atoms with van der Waals surface area (Å²) in [5, 5.41) is 3.54. The first kappa shape index (κ1) is 14.1. The van der Waals surface area contributed by atoms with E-state index in [4.69, 9.17) is 0 Å². The summed E-state index contributed by atoms with van der Waals surface area (Å²) < 4.78 is 2.32. The molecule has 0 radical (unpaired) electrons. The van der Waals surface area contributed by atoms with Gasteiger partial charge < -0.3 is 9.88 Å². The second kappa shape index (κ2) is 6.30. The van der Waals surface area contributed by atoms with Crippen LogP contribution in [0.1, 0.15) is 51.3 Å². The van der Waals surface area contributed by atoms with Gasteiger partial charge in [-0.05, 0) is 56.9 Å². The highest BCUT2D eigenvalue weighted by Gasteiger charge is 2.39. The minimum absolute atomic E-state index is 0.595. The number of aryl methyl sites for hydroxylation is 1. The van der Waals surface area contributed by atoms with Crippen LogP contribution in [0, 0.1) is 17.8 Å². The van der Waals surface area contributed by atoms with Gasteiger partial charge >= 0.3 is 0 Å². The molecule has 1 aromatic heterocycles. The van der Waals surface area contributed by atoms with Crippen LogP contribution >= 0.6 is 0 Å². The molecule has 20 heavy (non-hydrogen) atoms. The summed E-state index contributed by atoms with van der Waals surface area (Å²) in [5.41, 5.74) is 0. The van der Waals surface area contributed by atoms with E-state index in [-0.39, 0.29) is 0 Å². The molecule has 2 fully saturated rings. The first-order chi connectivity index (χ1) is 9.80. The van der Waals surface area contributed by atoms with Crippen molar-refractivity contribution in [2.45, 2.75) is 64.5 Å². The molecule has 3 rings (SSSR count). The van der Waals surface area contributed by atoms with E-state index < -0.39 is 0 Å². The molecule has 112 valence electrons. The summed E-state index contributed by atoms with van der Waals surface area (Å²) in [6.07, 6.45) is 13.7. The van der Waals surface area contributed by atoms with E-state index >= 15 is 0 Å². The second-order valence-electron chi connectivity index (χ2n) is 6.90. The van der Waals surface area contributed by atoms with Crippen molar-refractivity contribution in [3.63, 3.8) is 0 Å². The molecule has 0 spiro atoms. The van der Waals surface area contributed by atoms with Crippen LogP contribution in [-0.4, -0.2) is 22.6 Å². The van der Waals surface area contributed by atoms with Crippen LogP contribution in [0.25, 0.3) is 0 Å². The van der Waals surface area contributed by atoms with Crippen molar-refractivity contribution in [3.8, 4) is 0 Å². The van der Waals surface area contributed by atoms with Gasteiger partial charge in [0, 0.05) is 31.4 Å². The Hall–Kier alpha value is -0.830. The highest BCUT2D eigenvalue weighted by molar-refractivity contribution is 4.98. The van der Waals surface area contributed by atoms with Gasteiger partial charge in [-0.25, -0.2) is 4.98 Å². The quantitative estimate of drug-likeness (QED) is 0.828. The molecule has 0 aliphatic heterocycles. The normalized spacial score (nSPS) is 30.0. The van der Waals surface area contributed by atoms with E-state index in [1.165, 1.54) is 44.3 Å². The van der Waals surface area contributed by atoms with Crippen LogP contribution in [0.15, 0.2) is 12.4 Å². The maximum absolute atomic E-state index is 4.57. The SMILES string of the molecule is CCCn1ccnc1CC(CC1CC2CCC1C2)NC. The highest BCUT2D eigenvalue weighted by atomic mass is 15.1. The monoisotopic (exact) mass is 275 g/mol. The van der Waals surface area contributed by atoms with Crippen molar-refractivity contribution >= 4 is 0 Å². The third kappa shape index (κ3) is 2.93. The predicted octanol–water partition coefficient (Wildman–Crippen LogP) is 3.25. The molecule has 0 aromatic carbocycles. The van der Waals surface area contributed by atoms with Crippen molar-refractivity contribution in [3.05, 3.63) is 18.2 Å². The van der Waals surface area contributed by atoms with Gasteiger partial charge in [0.15, 0.2) is 0 Å². The van der Waals surface area contributed by atoms with Crippen LogP contribution < -0.4 is 5.32 Å². The zero-order chi connectivity index (χ0) is 13.9. The summed E-state index contributed by atoms with van der Waals surface area (Å²) in [5.74, 6) is 4.32. The van der Waals surface area contributed by atoms with Gasteiger partial charge in [0.05, 0.1) is 0 Å². The van der Waals surface area contributed by atoms with E-state index in [0.717, 1.165) is 30.7 Å². The van der Waals surface area contributed by atoms with Crippen LogP contribution in [0.2, 0.25) is 0 Å². The lowest BCUT2D eigenvalue weighted by Crippen LogP contribution is -2.32. The lowest BCUT2D eigenvalue weighted by atomic mass is 9.83. The Morgan fingerprint density at radius 3 is 2.95 bits per heavy atom. The van der Waals surface area contributed by atoms with Gasteiger partial charge in [-0.3, -0.25) is 0 Å². The van der Waals surface area contributed by atoms with E-state index in [1.807, 2.05) is 6.20 Å². The van der Waals surface area contributed by atoms with E-state index in [0.29, 0.717) is 6.04 Å². The van der Waals surface area contributed by atoms with Crippen LogP contribution in [0.5, 0.6) is 0 Å². The Labute approximate surface area is 123 Å². The second-order valence-corrected chi connectivity index (χ2v) is 6.90. The number of hydrogen-bond donors (Lipinski definition) is 1. The molecule has 2 saturated carbocycles. The molecule has 1 heterocycles. The lowest BCUT2D eigenvalue weighted by Gasteiger charge is -2.26. The Bertz CT molecular complexity index is 426. The fourth-order valence-corrected chi connectivity index (χ4v) is 4.53. The molecule has 2 bridgehead atoms. The number of aromatic nitrogens is 2. The minimum Gasteiger partial charge on any atom is -0.335 e. The number of fused-ring (bicyclic) bond motifs is 2. The molecule has 3 nitrogen and oxygen atoms in total. The highest BCUT2D eigenvalue weighted by Crippen LogP contribution is 2.49. The van der Waals surface area contributed by atoms with Crippen LogP contribution in [-0.2, 0) is 13.0 Å². The minimum atomic E-state index is 0.595. The first-order valence-electron chi connectivity index (χ1n) is 8.47. The number of rotatable bonds is 7. The Morgan fingerprint density at radius 1 is 1.40 bits per heavy atom. The number of nitrogens with one attached hydrogen (secondary N) is 1. The largest absolute Gasteiger partial charge is 0.335 e. The zero-order valence-electron chi connectivity index (χ0n) is 13.0. The maximum atomic E-state index is 4.57. The molecule has 1 aromatic rings. The molecule has 1 N–H and O–H groups in total. The fraction of sp³-hybridized carbons (Fsp3) is 0.824. The molecule has 0 saturated heterocycles. The maximum Gasteiger partial charge on any atom is 0.110 e. The topological polar surface area (TPSA) is 29.9 Å². The molecule has 4 unspecified atom stereocenters. The molecule has 3 heteroatoms. The standard InChI is InChI=1S/C17H29N3/c1-3-7-20-8-6-19-17(20)12-16(18-2)11-15-10-13-4-5-14(15)9-13/h6,8,13-16,18H,3-5,7,9-12H2,1-2H3. The van der Waals surface area contributed by atoms with Gasteiger partial charge in [0.25, 0.3) is 0 Å². The van der Waals surface area contributed by atoms with Crippen molar-refractivity contribution < 1.29 is 0 Å². The molecule has 2 aliphatic rings. The molecule has 4 atom stereocenters. The van der Waals surface area contributed by atoms with Crippen molar-refractivity contribution in [2.24, 2.45) is 17.8 Å². The van der Waals surface area contributed by atoms with Gasteiger partial charge in [-0.1, -0.05) is 13.3 Å². The Morgan fingerprint density at radius 2 is 2.30 bits per heavy atom. The molecular weight excluding hydrogens is 246 g/mol. The van der Waals surface area contributed by atoms with Gasteiger partial charge in [0.2, 0.25) is 0 Å². The van der Waals surface area contributed by atoms with Crippen molar-refractivity contribution in [1.29, 1.82) is 0 Å². The number of imidazole rings is 1. The van der Waals surface area contributed by atoms with Gasteiger partial charge in [-0.2, -0.15) is 0 Å². The van der Waals surface area contributed by atoms with E-state index in [9.17, 15) is 0 Å². The smallest absolute Gasteiger partial charge is 0.110 e. The Kier molecular flexibility index (Phi) is 4.45. The third-order valence-electron chi connectivity index (χ3n) is 5.58. The molecule has 0 amide bonds. The van der Waals surface area contributed by atoms with Crippen molar-refractivity contribution in [1.82, 2.24) is 14.9 Å². The number of nitrogens with zero attached hydrogens (tertiary/aromatic N) is 2. The predicted molar refractivity (Wildman–Crippen MR) is 82.6 cm³/mol. The van der Waals surface area contributed by atoms with Gasteiger partial charge in [-0.15, -0.1) is 0 Å². The summed E-state index contributed by atoms with van der Waals surface area (Å²) in [6, 6.07) is 0.595. The van der Waals surface area contributed by atoms with E-state index in [1.54, 1.807) is 0 Å². The Balaban J connectivity index is 1.58. The van der Waals surface area contributed by atoms with Crippen LogP contribution in [0.3, 0.4) is 0 Å². The summed E-state index contributed by atoms with van der Waals surface area (Å²) in [6.45, 7) is 3.33. The van der Waals surface area contributed by atoms with Crippen molar-refractivity contribution in [2.75, 3.05) is 7.05 Å². The van der Waals surface area contributed by atoms with Gasteiger partial charge in [0.1, 0.15) is 5.82 Å². The van der Waals surface area contributed by atoms with E-state index in [2.05, 4.69) is 35.0 Å². The number of likely N-dealkylation sites (N-methyl/N-ethyl adjacent to an activating group) is 1. The molecular formula is C17H29N3.